The number of amides is 6. The number of nitrogens with one attached hydrogen (secondary N) is 3. The zero-order valence-corrected chi connectivity index (χ0v) is 34.2. The van der Waals surface area contributed by atoms with Gasteiger partial charge in [0.2, 0.25) is 35.4 Å². The van der Waals surface area contributed by atoms with Crippen LogP contribution < -0.4 is 20.7 Å². The summed E-state index contributed by atoms with van der Waals surface area (Å²) < 4.78 is 25.9. The highest BCUT2D eigenvalue weighted by atomic mass is 19.1. The number of methoxy groups -OCH3 is 1. The van der Waals surface area contributed by atoms with Crippen LogP contribution in [0.2, 0.25) is 0 Å². The summed E-state index contributed by atoms with van der Waals surface area (Å²) in [5.74, 6) is -4.57. The van der Waals surface area contributed by atoms with Gasteiger partial charge in [0.15, 0.2) is 0 Å². The van der Waals surface area contributed by atoms with Gasteiger partial charge in [-0.2, -0.15) is 0 Å². The van der Waals surface area contributed by atoms with Crippen LogP contribution in [0.25, 0.3) is 0 Å². The molecular weight excluding hydrogens is 765 g/mol. The van der Waals surface area contributed by atoms with Gasteiger partial charge < -0.3 is 45.0 Å². The second kappa shape index (κ2) is 18.6. The van der Waals surface area contributed by atoms with Crippen molar-refractivity contribution in [2.45, 2.75) is 89.1 Å². The monoisotopic (exact) mass is 819 g/mol. The molecule has 6 rings (SSSR count). The topological polar surface area (TPSA) is 187 Å². The van der Waals surface area contributed by atoms with Crippen LogP contribution in [0.15, 0.2) is 42.5 Å². The fourth-order valence-corrected chi connectivity index (χ4v) is 8.39. The number of ether oxygens (including phenoxy) is 2. The molecule has 4 saturated heterocycles. The third-order valence-electron chi connectivity index (χ3n) is 11.6. The Morgan fingerprint density at radius 1 is 0.932 bits per heavy atom. The number of aryl methyl sites for hydroxylation is 1. The number of hydrogen-bond acceptors (Lipinski definition) is 10. The van der Waals surface area contributed by atoms with Gasteiger partial charge in [-0.3, -0.25) is 28.8 Å². The number of carbonyl (C=O) groups is 7. The maximum atomic E-state index is 14.8. The van der Waals surface area contributed by atoms with Crippen molar-refractivity contribution in [1.29, 1.82) is 0 Å². The first-order valence-electron chi connectivity index (χ1n) is 20.2. The molecule has 2 aromatic rings. The maximum absolute atomic E-state index is 14.8. The van der Waals surface area contributed by atoms with E-state index in [-0.39, 0.29) is 56.9 Å². The van der Waals surface area contributed by atoms with Crippen LogP contribution in [0, 0.1) is 18.7 Å². The first-order valence-corrected chi connectivity index (χ1v) is 20.2. The van der Waals surface area contributed by atoms with E-state index in [1.165, 1.54) is 40.9 Å². The van der Waals surface area contributed by atoms with Crippen molar-refractivity contribution in [2.75, 3.05) is 53.5 Å². The molecule has 0 aromatic heterocycles. The van der Waals surface area contributed by atoms with Crippen molar-refractivity contribution in [3.8, 4) is 5.75 Å². The van der Waals surface area contributed by atoms with Crippen molar-refractivity contribution in [2.24, 2.45) is 5.92 Å². The number of hydrogen-bond donors (Lipinski definition) is 3. The molecule has 4 aliphatic heterocycles. The number of esters is 1. The lowest BCUT2D eigenvalue weighted by Crippen LogP contribution is -2.65. The highest BCUT2D eigenvalue weighted by Crippen LogP contribution is 2.27. The Hall–Kier alpha value is -5.58. The Kier molecular flexibility index (Phi) is 13.5. The van der Waals surface area contributed by atoms with Gasteiger partial charge >= 0.3 is 5.97 Å². The Morgan fingerprint density at radius 2 is 1.69 bits per heavy atom. The number of piperazine rings is 1. The predicted octanol–water partition coefficient (Wildman–Crippen LogP) is 0.330. The molecule has 0 bridgehead atoms. The summed E-state index contributed by atoms with van der Waals surface area (Å²) in [7, 11) is 3.32. The van der Waals surface area contributed by atoms with Crippen LogP contribution in [0.5, 0.6) is 5.75 Å². The second-order valence-electron chi connectivity index (χ2n) is 16.2. The van der Waals surface area contributed by atoms with E-state index in [1.807, 2.05) is 18.9 Å². The Balaban J connectivity index is 1.32. The molecule has 2 aromatic carbocycles. The fourth-order valence-electron chi connectivity index (χ4n) is 8.39. The normalized spacial score (nSPS) is 26.3. The average Bonchev–Trinajstić information content (AvgIpc) is 3.86. The number of cyclic esters (lactones) is 1. The number of nitrogens with zero attached hydrogens (tertiary/aromatic N) is 4. The highest BCUT2D eigenvalue weighted by molar-refractivity contribution is 5.98. The first kappa shape index (κ1) is 43.0. The molecule has 4 aliphatic rings. The molecule has 17 heteroatoms. The molecule has 0 unspecified atom stereocenters. The van der Waals surface area contributed by atoms with Crippen molar-refractivity contribution >= 4 is 41.4 Å². The quantitative estimate of drug-likeness (QED) is 0.314. The maximum Gasteiger partial charge on any atom is 0.328 e. The van der Waals surface area contributed by atoms with E-state index in [9.17, 15) is 38.0 Å². The number of likely N-dealkylation sites (N-methyl/N-ethyl adjacent to an activating group) is 1. The molecule has 4 fully saturated rings. The molecule has 0 saturated carbocycles. The summed E-state index contributed by atoms with van der Waals surface area (Å²) in [6.45, 7) is 5.77. The van der Waals surface area contributed by atoms with Gasteiger partial charge in [-0.1, -0.05) is 31.2 Å². The first-order chi connectivity index (χ1) is 28.1. The number of rotatable bonds is 8. The smallest absolute Gasteiger partial charge is 0.328 e. The summed E-state index contributed by atoms with van der Waals surface area (Å²) in [4.78, 5) is 104. The minimum absolute atomic E-state index is 0.0568. The third-order valence-corrected chi connectivity index (χ3v) is 11.6. The van der Waals surface area contributed by atoms with E-state index < -0.39 is 90.1 Å². The van der Waals surface area contributed by atoms with E-state index in [2.05, 4.69) is 16.0 Å². The van der Waals surface area contributed by atoms with Crippen LogP contribution in [0.4, 0.5) is 4.39 Å². The molecule has 16 nitrogen and oxygen atoms in total. The molecule has 0 spiro atoms. The van der Waals surface area contributed by atoms with Gasteiger partial charge in [-0.25, -0.2) is 9.18 Å². The highest BCUT2D eigenvalue weighted by Gasteiger charge is 2.46. The van der Waals surface area contributed by atoms with Gasteiger partial charge in [0.05, 0.1) is 13.5 Å². The lowest BCUT2D eigenvalue weighted by Gasteiger charge is -2.42. The van der Waals surface area contributed by atoms with Crippen molar-refractivity contribution in [3.63, 3.8) is 0 Å². The van der Waals surface area contributed by atoms with Crippen LogP contribution in [0.1, 0.15) is 49.8 Å². The summed E-state index contributed by atoms with van der Waals surface area (Å²) in [5, 5.41) is 8.18. The van der Waals surface area contributed by atoms with Crippen LogP contribution >= 0.6 is 0 Å². The summed E-state index contributed by atoms with van der Waals surface area (Å²) >= 11 is 0. The Morgan fingerprint density at radius 3 is 2.44 bits per heavy atom. The fraction of sp³-hybridized carbons (Fsp3) is 0.548. The number of halogens is 1. The van der Waals surface area contributed by atoms with Crippen molar-refractivity contribution < 1.29 is 47.4 Å². The van der Waals surface area contributed by atoms with E-state index >= 15 is 0 Å². The molecule has 4 heterocycles. The summed E-state index contributed by atoms with van der Waals surface area (Å²) in [6, 6.07) is 4.56. The molecule has 0 aliphatic carbocycles. The van der Waals surface area contributed by atoms with Crippen LogP contribution in [0.3, 0.4) is 0 Å². The molecule has 59 heavy (non-hydrogen) atoms. The number of carbonyl (C=O) groups excluding carboxylic acids is 7. The lowest BCUT2D eigenvalue weighted by atomic mass is 10.0. The standard InChI is InChI=1S/C42H54FN7O9/c1-24-11-12-28(30(43)16-24)20-36(51)45-31(19-27-8-6-9-29(18-27)58-5)37(52)46-32-23-59-42(57)34-17-25(2)21-50(34)39(54)26(3)44-38(53)35-22-47(4)14-15-49(35)41(56)33-10-7-13-48(33)40(32)55/h6,8-9,11-12,16,18,25-26,31-35H,7,10,13-15,17,19-23H2,1-5H3,(H,44,53)(H,45,51)(H,46,52)/t25-,26+,31+,32+,33+,34+,35+/m1/s1. The minimum Gasteiger partial charge on any atom is -0.497 e. The third kappa shape index (κ3) is 10.0. The Bertz CT molecular complexity index is 1960. The second-order valence-corrected chi connectivity index (χ2v) is 16.2. The van der Waals surface area contributed by atoms with E-state index in [0.29, 0.717) is 36.3 Å². The largest absolute Gasteiger partial charge is 0.497 e. The van der Waals surface area contributed by atoms with E-state index in [1.54, 1.807) is 37.3 Å². The summed E-state index contributed by atoms with van der Waals surface area (Å²) in [5.41, 5.74) is 1.40. The average molecular weight is 820 g/mol. The SMILES string of the molecule is COc1cccc(C[C@H](NC(=O)Cc2ccc(C)cc2F)C(=O)N[C@H]2COC(=O)[C@@H]3C[C@@H](C)CN3C(=O)[C@H](C)NC(=O)[C@@H]3CN(C)CCN3C(=O)[C@@H]3CCCN3C2=O)c1. The van der Waals surface area contributed by atoms with Crippen LogP contribution in [-0.4, -0.2) is 151 Å². The molecule has 7 atom stereocenters. The van der Waals surface area contributed by atoms with Gasteiger partial charge in [0, 0.05) is 39.1 Å². The molecule has 0 radical (unpaired) electrons. The van der Waals surface area contributed by atoms with Crippen molar-refractivity contribution in [3.05, 3.63) is 65.0 Å². The lowest BCUT2D eigenvalue weighted by molar-refractivity contribution is -0.158. The zero-order valence-electron chi connectivity index (χ0n) is 34.2. The van der Waals surface area contributed by atoms with E-state index in [4.69, 9.17) is 9.47 Å². The Labute approximate surface area is 343 Å². The van der Waals surface area contributed by atoms with Gasteiger partial charge in [0.1, 0.15) is 54.4 Å². The van der Waals surface area contributed by atoms with Gasteiger partial charge in [-0.15, -0.1) is 0 Å². The summed E-state index contributed by atoms with van der Waals surface area (Å²) in [6.07, 6.45) is 0.594. The molecule has 3 N–H and O–H groups in total. The predicted molar refractivity (Wildman–Crippen MR) is 211 cm³/mol. The van der Waals surface area contributed by atoms with Crippen LogP contribution in [-0.2, 0) is 51.1 Å². The van der Waals surface area contributed by atoms with Crippen molar-refractivity contribution in [1.82, 2.24) is 35.6 Å². The molecular formula is C42H54FN7O9. The zero-order chi connectivity index (χ0) is 42.5. The number of fused-ring (bicyclic) bond motifs is 3. The number of benzene rings is 2. The van der Waals surface area contributed by atoms with E-state index in [0.717, 1.165) is 0 Å². The van der Waals surface area contributed by atoms with Gasteiger partial charge in [0.25, 0.3) is 0 Å². The molecule has 318 valence electrons. The van der Waals surface area contributed by atoms with Gasteiger partial charge in [-0.05, 0) is 81.0 Å². The minimum atomic E-state index is -1.51. The molecule has 6 amide bonds.